The smallest absolute Gasteiger partial charge is 0.314 e. The minimum absolute atomic E-state index is 0.288. The lowest BCUT2D eigenvalue weighted by Crippen LogP contribution is -2.44. The van der Waals surface area contributed by atoms with E-state index in [1.54, 1.807) is 11.0 Å². The van der Waals surface area contributed by atoms with Crippen LogP contribution in [0.2, 0.25) is 10.0 Å². The Morgan fingerprint density at radius 1 is 1.33 bits per heavy atom. The zero-order valence-corrected chi connectivity index (χ0v) is 11.3. The zero-order valence-electron chi connectivity index (χ0n) is 9.83. The molecule has 4 nitrogen and oxygen atoms in total. The van der Waals surface area contributed by atoms with Crippen LogP contribution in [0.1, 0.15) is 12.8 Å². The summed E-state index contributed by atoms with van der Waals surface area (Å²) in [7, 11) is 0. The molecule has 1 aromatic carbocycles. The molecule has 2 rings (SSSR count). The highest BCUT2D eigenvalue weighted by Gasteiger charge is 2.21. The summed E-state index contributed by atoms with van der Waals surface area (Å²) in [6.45, 7) is 1.34. The Morgan fingerprint density at radius 3 is 2.61 bits per heavy atom. The summed E-state index contributed by atoms with van der Waals surface area (Å²) in [6.07, 6.45) is 1.71. The van der Waals surface area contributed by atoms with Crippen LogP contribution in [0.25, 0.3) is 0 Å². The molecule has 0 aromatic heterocycles. The summed E-state index contributed by atoms with van der Waals surface area (Å²) < 4.78 is 0. The Morgan fingerprint density at radius 2 is 2.00 bits per heavy atom. The number of urea groups is 1. The Bertz CT molecular complexity index is 445. The summed E-state index contributed by atoms with van der Waals surface area (Å²) in [5.41, 5.74) is 6.07. The van der Waals surface area contributed by atoms with Crippen LogP contribution >= 0.6 is 23.2 Å². The molecule has 98 valence electrons. The van der Waals surface area contributed by atoms with Crippen molar-refractivity contribution in [3.63, 3.8) is 0 Å². The van der Waals surface area contributed by atoms with Crippen molar-refractivity contribution in [2.75, 3.05) is 18.4 Å². The number of likely N-dealkylation sites (tertiary alicyclic amines) is 1. The number of benzene rings is 1. The first-order valence-corrected chi connectivity index (χ1v) is 6.58. The Labute approximate surface area is 116 Å². The lowest BCUT2D eigenvalue weighted by Gasteiger charge is -2.32. The van der Waals surface area contributed by atoms with Gasteiger partial charge < -0.3 is 16.0 Å². The van der Waals surface area contributed by atoms with Crippen LogP contribution < -0.4 is 11.1 Å². The monoisotopic (exact) mass is 287 g/mol. The van der Waals surface area contributed by atoms with Crippen LogP contribution in [0.5, 0.6) is 0 Å². The second-order valence-corrected chi connectivity index (χ2v) is 5.13. The second kappa shape index (κ2) is 5.67. The summed E-state index contributed by atoms with van der Waals surface area (Å²) in [4.78, 5) is 12.7. The van der Waals surface area contributed by atoms with Gasteiger partial charge in [0, 0.05) is 19.1 Å². The van der Waals surface area contributed by atoms with Crippen molar-refractivity contribution in [2.45, 2.75) is 18.9 Å². The number of rotatable bonds is 2. The van der Waals surface area contributed by atoms with E-state index < -0.39 is 0 Å². The number of carbonyl (C=O) groups is 1. The lowest BCUT2D eigenvalue weighted by atomic mass is 10.0. The Hall–Kier alpha value is -1.13. The molecular formula is C12H15Cl2N3O. The Kier molecular flexibility index (Phi) is 4.19. The number of primary amides is 1. The average Bonchev–Trinajstić information content (AvgIpc) is 2.36. The molecule has 0 aliphatic carbocycles. The van der Waals surface area contributed by atoms with Gasteiger partial charge in [0.05, 0.1) is 15.7 Å². The number of anilines is 1. The average molecular weight is 288 g/mol. The fourth-order valence-corrected chi connectivity index (χ4v) is 2.43. The van der Waals surface area contributed by atoms with Crippen LogP contribution in [0.15, 0.2) is 18.2 Å². The van der Waals surface area contributed by atoms with Gasteiger partial charge in [0.15, 0.2) is 0 Å². The first-order chi connectivity index (χ1) is 8.58. The SMILES string of the molecule is NC(=O)N1CCC(Nc2cccc(Cl)c2Cl)CC1. The van der Waals surface area contributed by atoms with Crippen LogP contribution in [0.3, 0.4) is 0 Å². The number of nitrogens with zero attached hydrogens (tertiary/aromatic N) is 1. The maximum absolute atomic E-state index is 11.0. The van der Waals surface area contributed by atoms with E-state index in [0.29, 0.717) is 23.1 Å². The summed E-state index contributed by atoms with van der Waals surface area (Å²) in [5.74, 6) is 0. The van der Waals surface area contributed by atoms with Crippen molar-refractivity contribution >= 4 is 34.9 Å². The van der Waals surface area contributed by atoms with Crippen molar-refractivity contribution in [3.8, 4) is 0 Å². The summed E-state index contributed by atoms with van der Waals surface area (Å²) in [5, 5.41) is 4.43. The molecule has 2 amide bonds. The Balaban J connectivity index is 1.96. The van der Waals surface area contributed by atoms with Gasteiger partial charge in [-0.15, -0.1) is 0 Å². The maximum Gasteiger partial charge on any atom is 0.314 e. The second-order valence-electron chi connectivity index (χ2n) is 4.35. The molecule has 0 unspecified atom stereocenters. The normalized spacial score (nSPS) is 16.7. The van der Waals surface area contributed by atoms with Gasteiger partial charge in [0.25, 0.3) is 0 Å². The molecule has 1 aromatic rings. The van der Waals surface area contributed by atoms with Gasteiger partial charge in [-0.05, 0) is 25.0 Å². The van der Waals surface area contributed by atoms with Crippen molar-refractivity contribution in [1.82, 2.24) is 4.90 Å². The molecule has 1 fully saturated rings. The van der Waals surface area contributed by atoms with E-state index in [-0.39, 0.29) is 12.1 Å². The fraction of sp³-hybridized carbons (Fsp3) is 0.417. The van der Waals surface area contributed by atoms with Gasteiger partial charge in [0.2, 0.25) is 0 Å². The lowest BCUT2D eigenvalue weighted by molar-refractivity contribution is 0.193. The van der Waals surface area contributed by atoms with E-state index in [1.165, 1.54) is 0 Å². The van der Waals surface area contributed by atoms with Crippen molar-refractivity contribution < 1.29 is 4.79 Å². The summed E-state index contributed by atoms with van der Waals surface area (Å²) in [6, 6.07) is 5.44. The molecule has 0 bridgehead atoms. The fourth-order valence-electron chi connectivity index (χ4n) is 2.08. The highest BCUT2D eigenvalue weighted by Crippen LogP contribution is 2.30. The first-order valence-electron chi connectivity index (χ1n) is 5.83. The van der Waals surface area contributed by atoms with E-state index in [4.69, 9.17) is 28.9 Å². The van der Waals surface area contributed by atoms with Crippen molar-refractivity contribution in [3.05, 3.63) is 28.2 Å². The number of carbonyl (C=O) groups excluding carboxylic acids is 1. The molecule has 1 saturated heterocycles. The largest absolute Gasteiger partial charge is 0.381 e. The van der Waals surface area contributed by atoms with Crippen LogP contribution in [0.4, 0.5) is 10.5 Å². The molecule has 1 aliphatic rings. The number of amides is 2. The molecule has 0 radical (unpaired) electrons. The third-order valence-electron chi connectivity index (χ3n) is 3.12. The van der Waals surface area contributed by atoms with Gasteiger partial charge in [-0.1, -0.05) is 29.3 Å². The predicted octanol–water partition coefficient (Wildman–Crippen LogP) is 2.95. The number of halogens is 2. The predicted molar refractivity (Wildman–Crippen MR) is 74.3 cm³/mol. The number of piperidine rings is 1. The van der Waals surface area contributed by atoms with Gasteiger partial charge in [0.1, 0.15) is 0 Å². The van der Waals surface area contributed by atoms with Gasteiger partial charge >= 0.3 is 6.03 Å². The number of hydrogen-bond acceptors (Lipinski definition) is 2. The van der Waals surface area contributed by atoms with E-state index >= 15 is 0 Å². The summed E-state index contributed by atoms with van der Waals surface area (Å²) >= 11 is 12.1. The van der Waals surface area contributed by atoms with E-state index in [1.807, 2.05) is 12.1 Å². The highest BCUT2D eigenvalue weighted by atomic mass is 35.5. The number of nitrogens with one attached hydrogen (secondary N) is 1. The molecule has 3 N–H and O–H groups in total. The number of nitrogens with two attached hydrogens (primary N) is 1. The van der Waals surface area contributed by atoms with Gasteiger partial charge in [-0.2, -0.15) is 0 Å². The minimum atomic E-state index is -0.353. The van der Waals surface area contributed by atoms with Crippen molar-refractivity contribution in [1.29, 1.82) is 0 Å². The minimum Gasteiger partial charge on any atom is -0.381 e. The highest BCUT2D eigenvalue weighted by molar-refractivity contribution is 6.43. The van der Waals surface area contributed by atoms with Crippen LogP contribution in [-0.2, 0) is 0 Å². The molecule has 0 spiro atoms. The van der Waals surface area contributed by atoms with Gasteiger partial charge in [-0.25, -0.2) is 4.79 Å². The standard InChI is InChI=1S/C12H15Cl2N3O/c13-9-2-1-3-10(11(9)14)16-8-4-6-17(7-5-8)12(15)18/h1-3,8,16H,4-7H2,(H2,15,18). The maximum atomic E-state index is 11.0. The number of hydrogen-bond donors (Lipinski definition) is 2. The van der Waals surface area contributed by atoms with E-state index in [2.05, 4.69) is 5.32 Å². The van der Waals surface area contributed by atoms with E-state index in [0.717, 1.165) is 18.5 Å². The topological polar surface area (TPSA) is 58.4 Å². The van der Waals surface area contributed by atoms with Crippen LogP contribution in [-0.4, -0.2) is 30.1 Å². The molecule has 0 atom stereocenters. The molecular weight excluding hydrogens is 273 g/mol. The van der Waals surface area contributed by atoms with Gasteiger partial charge in [-0.3, -0.25) is 0 Å². The molecule has 6 heteroatoms. The third kappa shape index (κ3) is 3.00. The quantitative estimate of drug-likeness (QED) is 0.879. The first kappa shape index (κ1) is 13.3. The van der Waals surface area contributed by atoms with Crippen molar-refractivity contribution in [2.24, 2.45) is 5.73 Å². The third-order valence-corrected chi connectivity index (χ3v) is 3.94. The molecule has 1 aliphatic heterocycles. The van der Waals surface area contributed by atoms with Crippen LogP contribution in [0, 0.1) is 0 Å². The zero-order chi connectivity index (χ0) is 13.1. The van der Waals surface area contributed by atoms with E-state index in [9.17, 15) is 4.79 Å². The molecule has 18 heavy (non-hydrogen) atoms. The molecule has 1 heterocycles. The molecule has 0 saturated carbocycles.